The third-order valence-corrected chi connectivity index (χ3v) is 2.38. The van der Waals surface area contributed by atoms with Crippen LogP contribution in [0.15, 0.2) is 24.8 Å². The summed E-state index contributed by atoms with van der Waals surface area (Å²) in [6, 6.07) is 6.07. The summed E-state index contributed by atoms with van der Waals surface area (Å²) in [7, 11) is 1.62. The van der Waals surface area contributed by atoms with Crippen molar-refractivity contribution in [2.24, 2.45) is 0 Å². The van der Waals surface area contributed by atoms with Crippen LogP contribution in [0.2, 0.25) is 0 Å². The zero-order chi connectivity index (χ0) is 12.2. The number of hydrogen-bond donors (Lipinski definition) is 0. The second kappa shape index (κ2) is 5.17. The van der Waals surface area contributed by atoms with Crippen LogP contribution in [0, 0.1) is 0 Å². The molecule has 2 nitrogen and oxygen atoms in total. The quantitative estimate of drug-likeness (QED) is 0.722. The minimum absolute atomic E-state index is 0.0437. The molecule has 0 aliphatic heterocycles. The first-order chi connectivity index (χ1) is 7.49. The topological polar surface area (TPSA) is 18.5 Å². The van der Waals surface area contributed by atoms with Gasteiger partial charge in [0.25, 0.3) is 0 Å². The molecule has 0 aliphatic carbocycles. The van der Waals surface area contributed by atoms with E-state index in [4.69, 9.17) is 9.47 Å². The van der Waals surface area contributed by atoms with E-state index in [2.05, 4.69) is 33.4 Å². The fourth-order valence-electron chi connectivity index (χ4n) is 1.51. The van der Waals surface area contributed by atoms with Gasteiger partial charge >= 0.3 is 0 Å². The van der Waals surface area contributed by atoms with E-state index >= 15 is 0 Å². The highest BCUT2D eigenvalue weighted by atomic mass is 16.7. The molecule has 1 rings (SSSR count). The molecule has 88 valence electrons. The molecule has 1 aromatic rings. The highest BCUT2D eigenvalue weighted by Crippen LogP contribution is 2.32. The van der Waals surface area contributed by atoms with E-state index < -0.39 is 0 Å². The highest BCUT2D eigenvalue weighted by Gasteiger charge is 2.19. The first kappa shape index (κ1) is 12.8. The summed E-state index contributed by atoms with van der Waals surface area (Å²) in [5, 5.41) is 0. The molecule has 16 heavy (non-hydrogen) atoms. The molecule has 0 fully saturated rings. The molecule has 0 spiro atoms. The van der Waals surface area contributed by atoms with Crippen molar-refractivity contribution in [3.63, 3.8) is 0 Å². The standard InChI is InChI=1S/C14H20O2/c1-6-11-7-8-13(16-10-15-5)12(9-11)14(2,3)4/h6-9H,1,10H2,2-5H3. The molecule has 0 amide bonds. The van der Waals surface area contributed by atoms with E-state index in [1.807, 2.05) is 18.2 Å². The molecule has 0 aliphatic rings. The first-order valence-corrected chi connectivity index (χ1v) is 5.37. The maximum Gasteiger partial charge on any atom is 0.188 e. The van der Waals surface area contributed by atoms with Gasteiger partial charge < -0.3 is 9.47 Å². The van der Waals surface area contributed by atoms with Gasteiger partial charge in [-0.25, -0.2) is 0 Å². The molecule has 0 atom stereocenters. The molecule has 1 aromatic carbocycles. The number of hydrogen-bond acceptors (Lipinski definition) is 2. The van der Waals surface area contributed by atoms with E-state index in [0.29, 0.717) is 0 Å². The highest BCUT2D eigenvalue weighted by molar-refractivity contribution is 5.53. The molecular weight excluding hydrogens is 200 g/mol. The third-order valence-electron chi connectivity index (χ3n) is 2.38. The van der Waals surface area contributed by atoms with Crippen molar-refractivity contribution in [3.05, 3.63) is 35.9 Å². The van der Waals surface area contributed by atoms with Gasteiger partial charge in [-0.1, -0.05) is 39.5 Å². The van der Waals surface area contributed by atoms with Gasteiger partial charge in [0.1, 0.15) is 5.75 Å². The predicted molar refractivity (Wildman–Crippen MR) is 67.7 cm³/mol. The fourth-order valence-corrected chi connectivity index (χ4v) is 1.51. The summed E-state index contributed by atoms with van der Waals surface area (Å²) in [4.78, 5) is 0. The van der Waals surface area contributed by atoms with E-state index in [9.17, 15) is 0 Å². The van der Waals surface area contributed by atoms with E-state index in [-0.39, 0.29) is 12.2 Å². The summed E-state index contributed by atoms with van der Waals surface area (Å²) in [6.45, 7) is 10.5. The predicted octanol–water partition coefficient (Wildman–Crippen LogP) is 3.61. The Morgan fingerprint density at radius 3 is 2.50 bits per heavy atom. The molecule has 0 saturated heterocycles. The van der Waals surface area contributed by atoms with Crippen LogP contribution in [-0.4, -0.2) is 13.9 Å². The molecule has 2 heteroatoms. The van der Waals surface area contributed by atoms with Crippen LogP contribution in [0.5, 0.6) is 5.75 Å². The molecule has 0 unspecified atom stereocenters. The molecular formula is C14H20O2. The Bertz CT molecular complexity index is 361. The second-order valence-corrected chi connectivity index (χ2v) is 4.76. The van der Waals surface area contributed by atoms with Gasteiger partial charge in [0.15, 0.2) is 6.79 Å². The van der Waals surface area contributed by atoms with Crippen molar-refractivity contribution in [3.8, 4) is 5.75 Å². The molecule has 0 radical (unpaired) electrons. The van der Waals surface area contributed by atoms with Crippen molar-refractivity contribution in [1.29, 1.82) is 0 Å². The zero-order valence-corrected chi connectivity index (χ0v) is 10.5. The monoisotopic (exact) mass is 220 g/mol. The lowest BCUT2D eigenvalue weighted by Gasteiger charge is -2.23. The maximum absolute atomic E-state index is 5.56. The van der Waals surface area contributed by atoms with E-state index in [0.717, 1.165) is 11.3 Å². The van der Waals surface area contributed by atoms with Gasteiger partial charge in [-0.2, -0.15) is 0 Å². The average molecular weight is 220 g/mol. The average Bonchev–Trinajstić information content (AvgIpc) is 2.25. The summed E-state index contributed by atoms with van der Waals surface area (Å²) in [6.07, 6.45) is 1.84. The Labute approximate surface area is 97.9 Å². The van der Waals surface area contributed by atoms with Crippen LogP contribution < -0.4 is 4.74 Å². The van der Waals surface area contributed by atoms with E-state index in [1.54, 1.807) is 7.11 Å². The Morgan fingerprint density at radius 1 is 1.31 bits per heavy atom. The van der Waals surface area contributed by atoms with Crippen molar-refractivity contribution in [1.82, 2.24) is 0 Å². The smallest absolute Gasteiger partial charge is 0.188 e. The number of methoxy groups -OCH3 is 1. The van der Waals surface area contributed by atoms with Crippen molar-refractivity contribution in [2.75, 3.05) is 13.9 Å². The largest absolute Gasteiger partial charge is 0.467 e. The lowest BCUT2D eigenvalue weighted by Crippen LogP contribution is -2.14. The van der Waals surface area contributed by atoms with E-state index in [1.165, 1.54) is 5.56 Å². The molecule has 0 heterocycles. The molecule has 0 aromatic heterocycles. The molecule has 0 bridgehead atoms. The van der Waals surface area contributed by atoms with Crippen LogP contribution in [0.3, 0.4) is 0 Å². The lowest BCUT2D eigenvalue weighted by molar-refractivity contribution is 0.0498. The van der Waals surface area contributed by atoms with Crippen molar-refractivity contribution >= 4 is 6.08 Å². The first-order valence-electron chi connectivity index (χ1n) is 5.37. The number of rotatable bonds is 4. The Kier molecular flexibility index (Phi) is 4.13. The molecule has 0 saturated carbocycles. The Balaban J connectivity index is 3.11. The van der Waals surface area contributed by atoms with Crippen molar-refractivity contribution in [2.45, 2.75) is 26.2 Å². The third kappa shape index (κ3) is 3.11. The van der Waals surface area contributed by atoms with Crippen LogP contribution in [0.1, 0.15) is 31.9 Å². The van der Waals surface area contributed by atoms with Gasteiger partial charge in [0.2, 0.25) is 0 Å². The summed E-state index contributed by atoms with van der Waals surface area (Å²) >= 11 is 0. The molecule has 0 N–H and O–H groups in total. The fraction of sp³-hybridized carbons (Fsp3) is 0.429. The van der Waals surface area contributed by atoms with Gasteiger partial charge in [-0.15, -0.1) is 0 Å². The van der Waals surface area contributed by atoms with Crippen molar-refractivity contribution < 1.29 is 9.47 Å². The Hall–Kier alpha value is -1.28. The maximum atomic E-state index is 5.56. The van der Waals surface area contributed by atoms with Crippen LogP contribution in [-0.2, 0) is 10.2 Å². The summed E-state index contributed by atoms with van der Waals surface area (Å²) in [5.41, 5.74) is 2.32. The SMILES string of the molecule is C=Cc1ccc(OCOC)c(C(C)(C)C)c1. The van der Waals surface area contributed by atoms with Crippen LogP contribution >= 0.6 is 0 Å². The zero-order valence-electron chi connectivity index (χ0n) is 10.5. The number of ether oxygens (including phenoxy) is 2. The van der Waals surface area contributed by atoms with Gasteiger partial charge in [-0.3, -0.25) is 0 Å². The van der Waals surface area contributed by atoms with Gasteiger partial charge in [-0.05, 0) is 23.1 Å². The van der Waals surface area contributed by atoms with Gasteiger partial charge in [0, 0.05) is 12.7 Å². The lowest BCUT2D eigenvalue weighted by atomic mass is 9.85. The summed E-state index contributed by atoms with van der Waals surface area (Å²) in [5.74, 6) is 0.875. The summed E-state index contributed by atoms with van der Waals surface area (Å²) < 4.78 is 10.5. The second-order valence-electron chi connectivity index (χ2n) is 4.76. The van der Waals surface area contributed by atoms with Crippen LogP contribution in [0.25, 0.3) is 6.08 Å². The normalized spacial score (nSPS) is 11.2. The van der Waals surface area contributed by atoms with Crippen LogP contribution in [0.4, 0.5) is 0 Å². The minimum atomic E-state index is 0.0437. The Morgan fingerprint density at radius 2 is 2.00 bits per heavy atom. The van der Waals surface area contributed by atoms with Gasteiger partial charge in [0.05, 0.1) is 0 Å². The minimum Gasteiger partial charge on any atom is -0.467 e. The number of benzene rings is 1.